The number of hydrogen-bond donors (Lipinski definition) is 0. The van der Waals surface area contributed by atoms with E-state index in [4.69, 9.17) is 9.47 Å². The number of carbonyl (C=O) groups excluding carboxylic acids is 1. The molecular weight excluding hydrogens is 320 g/mol. The van der Waals surface area contributed by atoms with Gasteiger partial charge >= 0.3 is 6.09 Å². The molecule has 1 aliphatic heterocycles. The van der Waals surface area contributed by atoms with E-state index >= 15 is 0 Å². The van der Waals surface area contributed by atoms with Gasteiger partial charge in [-0.15, -0.1) is 0 Å². The summed E-state index contributed by atoms with van der Waals surface area (Å²) in [6.45, 7) is 6.01. The second-order valence-electron chi connectivity index (χ2n) is 5.91. The Labute approximate surface area is 147 Å². The van der Waals surface area contributed by atoms with Crippen molar-refractivity contribution in [3.8, 4) is 11.4 Å². The summed E-state index contributed by atoms with van der Waals surface area (Å²) < 4.78 is 12.3. The molecule has 7 heteroatoms. The van der Waals surface area contributed by atoms with Crippen LogP contribution in [0.15, 0.2) is 36.7 Å². The van der Waals surface area contributed by atoms with Gasteiger partial charge < -0.3 is 14.4 Å². The van der Waals surface area contributed by atoms with Crippen molar-refractivity contribution < 1.29 is 14.3 Å². The Morgan fingerprint density at radius 1 is 1.24 bits per heavy atom. The monoisotopic (exact) mass is 344 g/mol. The van der Waals surface area contributed by atoms with Crippen LogP contribution in [0.4, 0.5) is 4.79 Å². The van der Waals surface area contributed by atoms with Crippen molar-refractivity contribution in [3.05, 3.63) is 42.2 Å². The van der Waals surface area contributed by atoms with Crippen LogP contribution in [0, 0.1) is 0 Å². The highest BCUT2D eigenvalue weighted by atomic mass is 16.6. The van der Waals surface area contributed by atoms with Gasteiger partial charge in [-0.1, -0.05) is 0 Å². The van der Waals surface area contributed by atoms with Crippen LogP contribution in [0.1, 0.15) is 12.5 Å². The van der Waals surface area contributed by atoms with E-state index in [1.165, 1.54) is 0 Å². The van der Waals surface area contributed by atoms with E-state index in [2.05, 4.69) is 16.1 Å². The summed E-state index contributed by atoms with van der Waals surface area (Å²) >= 11 is 0. The minimum absolute atomic E-state index is 0.222. The van der Waals surface area contributed by atoms with Crippen molar-refractivity contribution in [2.24, 2.45) is 0 Å². The lowest BCUT2D eigenvalue weighted by Gasteiger charge is -2.34. The summed E-state index contributed by atoms with van der Waals surface area (Å²) in [5, 5.41) is 4.34. The van der Waals surface area contributed by atoms with Crippen LogP contribution in [-0.2, 0) is 11.3 Å². The molecule has 1 aromatic heterocycles. The lowest BCUT2D eigenvalue weighted by Crippen LogP contribution is -2.48. The molecule has 1 saturated heterocycles. The smallest absolute Gasteiger partial charge is 0.409 e. The minimum atomic E-state index is -0.222. The lowest BCUT2D eigenvalue weighted by atomic mass is 10.1. The van der Waals surface area contributed by atoms with Gasteiger partial charge in [-0.2, -0.15) is 5.10 Å². The van der Waals surface area contributed by atoms with Crippen molar-refractivity contribution in [1.29, 1.82) is 0 Å². The Hall–Kier alpha value is -2.54. The molecule has 0 aliphatic carbocycles. The summed E-state index contributed by atoms with van der Waals surface area (Å²) in [6.07, 6.45) is 3.48. The van der Waals surface area contributed by atoms with Crippen LogP contribution < -0.4 is 4.74 Å². The molecule has 2 heterocycles. The largest absolute Gasteiger partial charge is 0.497 e. The molecular formula is C18H24N4O3. The fraction of sp³-hybridized carbons (Fsp3) is 0.444. The van der Waals surface area contributed by atoms with Gasteiger partial charge in [0.2, 0.25) is 0 Å². The van der Waals surface area contributed by atoms with Gasteiger partial charge in [0, 0.05) is 45.1 Å². The molecule has 3 rings (SSSR count). The highest BCUT2D eigenvalue weighted by Crippen LogP contribution is 2.23. The summed E-state index contributed by atoms with van der Waals surface area (Å²) in [5.74, 6) is 0.830. The van der Waals surface area contributed by atoms with Gasteiger partial charge in [-0.3, -0.25) is 4.90 Å². The molecule has 0 saturated carbocycles. The SMILES string of the molecule is CCOC(=O)N1CCN(Cc2cc(OC)ccc2-n2cccn2)CC1. The van der Waals surface area contributed by atoms with Crippen molar-refractivity contribution in [1.82, 2.24) is 19.6 Å². The van der Waals surface area contributed by atoms with Crippen LogP contribution in [-0.4, -0.2) is 65.6 Å². The van der Waals surface area contributed by atoms with Gasteiger partial charge in [0.05, 0.1) is 19.4 Å². The fourth-order valence-electron chi connectivity index (χ4n) is 2.99. The highest BCUT2D eigenvalue weighted by Gasteiger charge is 2.22. The number of hydrogen-bond acceptors (Lipinski definition) is 5. The van der Waals surface area contributed by atoms with Crippen LogP contribution in [0.5, 0.6) is 5.75 Å². The number of amides is 1. The number of rotatable bonds is 5. The van der Waals surface area contributed by atoms with E-state index < -0.39 is 0 Å². The van der Waals surface area contributed by atoms with Gasteiger partial charge in [0.1, 0.15) is 5.75 Å². The maximum absolute atomic E-state index is 11.8. The maximum Gasteiger partial charge on any atom is 0.409 e. The molecule has 7 nitrogen and oxygen atoms in total. The zero-order valence-corrected chi connectivity index (χ0v) is 14.7. The molecule has 0 N–H and O–H groups in total. The molecule has 0 unspecified atom stereocenters. The molecule has 1 aliphatic rings. The van der Waals surface area contributed by atoms with Crippen LogP contribution in [0.25, 0.3) is 5.69 Å². The second-order valence-corrected chi connectivity index (χ2v) is 5.91. The lowest BCUT2D eigenvalue weighted by molar-refractivity contribution is 0.0778. The van der Waals surface area contributed by atoms with E-state index in [1.54, 1.807) is 18.2 Å². The highest BCUT2D eigenvalue weighted by molar-refractivity contribution is 5.67. The van der Waals surface area contributed by atoms with Crippen molar-refractivity contribution in [2.75, 3.05) is 39.9 Å². The predicted octanol–water partition coefficient (Wildman–Crippen LogP) is 2.16. The first-order valence-corrected chi connectivity index (χ1v) is 8.52. The third kappa shape index (κ3) is 4.11. The summed E-state index contributed by atoms with van der Waals surface area (Å²) in [4.78, 5) is 15.9. The molecule has 1 amide bonds. The number of benzene rings is 1. The maximum atomic E-state index is 11.8. The Morgan fingerprint density at radius 2 is 2.04 bits per heavy atom. The minimum Gasteiger partial charge on any atom is -0.497 e. The van der Waals surface area contributed by atoms with E-state index in [-0.39, 0.29) is 6.09 Å². The first-order chi connectivity index (χ1) is 12.2. The number of methoxy groups -OCH3 is 1. The zero-order chi connectivity index (χ0) is 17.6. The van der Waals surface area contributed by atoms with E-state index in [9.17, 15) is 4.79 Å². The normalized spacial score (nSPS) is 15.2. The molecule has 0 atom stereocenters. The van der Waals surface area contributed by atoms with Crippen molar-refractivity contribution in [3.63, 3.8) is 0 Å². The molecule has 134 valence electrons. The quantitative estimate of drug-likeness (QED) is 0.832. The molecule has 1 fully saturated rings. The molecule has 25 heavy (non-hydrogen) atoms. The predicted molar refractivity (Wildman–Crippen MR) is 94.0 cm³/mol. The Balaban J connectivity index is 1.70. The van der Waals surface area contributed by atoms with Crippen molar-refractivity contribution >= 4 is 6.09 Å². The van der Waals surface area contributed by atoms with E-state index in [1.807, 2.05) is 36.0 Å². The first-order valence-electron chi connectivity index (χ1n) is 8.52. The average Bonchev–Trinajstić information content (AvgIpc) is 3.17. The standard InChI is InChI=1S/C18H24N4O3/c1-3-25-18(23)21-11-9-20(10-12-21)14-15-13-16(24-2)5-6-17(15)22-8-4-7-19-22/h4-8,13H,3,9-12,14H2,1-2H3. The number of carbonyl (C=O) groups is 1. The van der Waals surface area contributed by atoms with Gasteiger partial charge in [-0.05, 0) is 36.8 Å². The fourth-order valence-corrected chi connectivity index (χ4v) is 2.99. The van der Waals surface area contributed by atoms with Crippen LogP contribution in [0.2, 0.25) is 0 Å². The number of nitrogens with zero attached hydrogens (tertiary/aromatic N) is 4. The molecule has 1 aromatic carbocycles. The van der Waals surface area contributed by atoms with Gasteiger partial charge in [0.25, 0.3) is 0 Å². The van der Waals surface area contributed by atoms with Gasteiger partial charge in [0.15, 0.2) is 0 Å². The molecule has 2 aromatic rings. The third-order valence-corrected chi connectivity index (χ3v) is 4.33. The number of piperazine rings is 1. The van der Waals surface area contributed by atoms with Crippen LogP contribution in [0.3, 0.4) is 0 Å². The molecule has 0 radical (unpaired) electrons. The summed E-state index contributed by atoms with van der Waals surface area (Å²) in [5.41, 5.74) is 2.19. The molecule has 0 spiro atoms. The van der Waals surface area contributed by atoms with Crippen molar-refractivity contribution in [2.45, 2.75) is 13.5 Å². The zero-order valence-electron chi connectivity index (χ0n) is 14.7. The third-order valence-electron chi connectivity index (χ3n) is 4.33. The second kappa shape index (κ2) is 8.02. The Bertz CT molecular complexity index is 694. The summed E-state index contributed by atoms with van der Waals surface area (Å²) in [7, 11) is 1.67. The van der Waals surface area contributed by atoms with Gasteiger partial charge in [-0.25, -0.2) is 9.48 Å². The number of aromatic nitrogens is 2. The first kappa shape index (κ1) is 17.3. The summed E-state index contributed by atoms with van der Waals surface area (Å²) in [6, 6.07) is 7.93. The Morgan fingerprint density at radius 3 is 2.68 bits per heavy atom. The Kier molecular flexibility index (Phi) is 5.55. The topological polar surface area (TPSA) is 59.8 Å². The average molecular weight is 344 g/mol. The number of ether oxygens (including phenoxy) is 2. The van der Waals surface area contributed by atoms with E-state index in [0.29, 0.717) is 19.7 Å². The van der Waals surface area contributed by atoms with Crippen LogP contribution >= 0.6 is 0 Å². The van der Waals surface area contributed by atoms with E-state index in [0.717, 1.165) is 36.6 Å². The molecule has 0 bridgehead atoms.